The second-order valence-corrected chi connectivity index (χ2v) is 7.05. The number of hydrogen-bond donors (Lipinski definition) is 1. The van der Waals surface area contributed by atoms with E-state index in [1.165, 1.54) is 17.5 Å². The summed E-state index contributed by atoms with van der Waals surface area (Å²) in [6.45, 7) is 0.368. The lowest BCUT2D eigenvalue weighted by Gasteiger charge is -2.00. The van der Waals surface area contributed by atoms with Crippen LogP contribution in [0.15, 0.2) is 71.3 Å². The monoisotopic (exact) mass is 391 g/mol. The Morgan fingerprint density at radius 1 is 1.07 bits per heavy atom. The first kappa shape index (κ1) is 18.1. The number of rotatable bonds is 6. The van der Waals surface area contributed by atoms with Crippen LogP contribution in [0, 0.1) is 0 Å². The summed E-state index contributed by atoms with van der Waals surface area (Å²) in [5, 5.41) is 3.46. The van der Waals surface area contributed by atoms with Gasteiger partial charge in [-0.05, 0) is 0 Å². The average molecular weight is 391 g/mol. The van der Waals surface area contributed by atoms with Crippen LogP contribution in [0.3, 0.4) is 0 Å². The molecule has 140 valence electrons. The van der Waals surface area contributed by atoms with Crippen LogP contribution in [-0.4, -0.2) is 23.0 Å². The first-order valence-electron chi connectivity index (χ1n) is 8.61. The van der Waals surface area contributed by atoms with Crippen LogP contribution in [0.2, 0.25) is 0 Å². The van der Waals surface area contributed by atoms with E-state index < -0.39 is 0 Å². The van der Waals surface area contributed by atoms with Gasteiger partial charge in [-0.25, -0.2) is 4.98 Å². The molecule has 0 saturated heterocycles. The number of anilines is 1. The normalized spacial score (nSPS) is 10.8. The van der Waals surface area contributed by atoms with Gasteiger partial charge in [-0.3, -0.25) is 10.1 Å². The Morgan fingerprint density at radius 3 is 2.43 bits per heavy atom. The second kappa shape index (κ2) is 8.16. The van der Waals surface area contributed by atoms with Crippen molar-refractivity contribution >= 4 is 23.3 Å². The van der Waals surface area contributed by atoms with E-state index in [-0.39, 0.29) is 11.9 Å². The lowest BCUT2D eigenvalue weighted by atomic mass is 10.1. The minimum Gasteiger partial charge on any atom is -0.423 e. The predicted molar refractivity (Wildman–Crippen MR) is 108 cm³/mol. The molecule has 0 spiro atoms. The summed E-state index contributed by atoms with van der Waals surface area (Å²) in [4.78, 5) is 21.7. The van der Waals surface area contributed by atoms with Crippen molar-refractivity contribution in [3.63, 3.8) is 0 Å². The Labute approximate surface area is 165 Å². The topological polar surface area (TPSA) is 77.2 Å². The molecule has 2 heterocycles. The highest BCUT2D eigenvalue weighted by Crippen LogP contribution is 2.34. The van der Waals surface area contributed by atoms with Crippen molar-refractivity contribution in [3.8, 4) is 22.6 Å². The number of benzene rings is 2. The van der Waals surface area contributed by atoms with Gasteiger partial charge in [0.2, 0.25) is 0 Å². The predicted octanol–water partition coefficient (Wildman–Crippen LogP) is 4.86. The number of hydrogen-bond acceptors (Lipinski definition) is 6. The number of carbonyl (C=O) groups excluding carboxylic acids is 1. The van der Waals surface area contributed by atoms with E-state index in [0.29, 0.717) is 22.9 Å². The minimum atomic E-state index is -0.319. The molecule has 0 fully saturated rings. The number of thiazole rings is 1. The van der Waals surface area contributed by atoms with Crippen LogP contribution in [0.5, 0.6) is 0 Å². The lowest BCUT2D eigenvalue weighted by Crippen LogP contribution is -2.10. The number of nitrogens with one attached hydrogen (secondary N) is 1. The summed E-state index contributed by atoms with van der Waals surface area (Å²) in [5.41, 5.74) is 2.46. The molecule has 0 saturated carbocycles. The van der Waals surface area contributed by atoms with Gasteiger partial charge in [-0.2, -0.15) is 4.98 Å². The quantitative estimate of drug-likeness (QED) is 0.508. The maximum absolute atomic E-state index is 12.5. The third-order valence-corrected chi connectivity index (χ3v) is 4.95. The molecule has 7 heteroatoms. The number of oxazole rings is 1. The van der Waals surface area contributed by atoms with Crippen molar-refractivity contribution in [3.05, 3.63) is 76.7 Å². The highest BCUT2D eigenvalue weighted by Gasteiger charge is 2.19. The van der Waals surface area contributed by atoms with E-state index in [4.69, 9.17) is 9.15 Å². The molecule has 0 aliphatic carbocycles. The smallest absolute Gasteiger partial charge is 0.302 e. The van der Waals surface area contributed by atoms with Crippen molar-refractivity contribution in [2.24, 2.45) is 0 Å². The highest BCUT2D eigenvalue weighted by molar-refractivity contribution is 7.13. The first-order valence-corrected chi connectivity index (χ1v) is 9.43. The standard InChI is InChI=1S/C21H17N3O3S/c1-26-13-17-22-12-16(28-17)20(25)24-21-23-18(14-8-4-2-5-9-14)19(27-21)15-10-6-3-7-11-15/h2-12H,13H2,1H3,(H,23,24,25). The molecule has 1 N–H and O–H groups in total. The van der Waals surface area contributed by atoms with Crippen LogP contribution >= 0.6 is 11.3 Å². The number of carbonyl (C=O) groups is 1. The molecular formula is C21H17N3O3S. The van der Waals surface area contributed by atoms with E-state index in [0.717, 1.165) is 16.1 Å². The van der Waals surface area contributed by atoms with E-state index in [2.05, 4.69) is 15.3 Å². The van der Waals surface area contributed by atoms with Gasteiger partial charge in [-0.15, -0.1) is 11.3 Å². The fraction of sp³-hybridized carbons (Fsp3) is 0.0952. The fourth-order valence-corrected chi connectivity index (χ4v) is 3.50. The van der Waals surface area contributed by atoms with E-state index in [9.17, 15) is 4.79 Å². The van der Waals surface area contributed by atoms with Gasteiger partial charge >= 0.3 is 6.01 Å². The Bertz CT molecular complexity index is 1020. The SMILES string of the molecule is COCc1ncc(C(=O)Nc2nc(-c3ccccc3)c(-c3ccccc3)o2)s1. The zero-order valence-corrected chi connectivity index (χ0v) is 15.9. The molecule has 2 aromatic heterocycles. The number of nitrogens with zero attached hydrogens (tertiary/aromatic N) is 2. The largest absolute Gasteiger partial charge is 0.423 e. The zero-order valence-electron chi connectivity index (χ0n) is 15.1. The summed E-state index contributed by atoms with van der Waals surface area (Å²) in [7, 11) is 1.59. The molecule has 0 radical (unpaired) electrons. The number of aromatic nitrogens is 2. The number of ether oxygens (including phenoxy) is 1. The molecule has 0 aliphatic heterocycles. The fourth-order valence-electron chi connectivity index (χ4n) is 2.71. The Balaban J connectivity index is 1.66. The van der Waals surface area contributed by atoms with Crippen molar-refractivity contribution in [2.75, 3.05) is 12.4 Å². The molecule has 0 unspecified atom stereocenters. The maximum Gasteiger partial charge on any atom is 0.302 e. The second-order valence-electron chi connectivity index (χ2n) is 5.93. The van der Waals surface area contributed by atoms with E-state index in [1.807, 2.05) is 60.7 Å². The maximum atomic E-state index is 12.5. The molecule has 0 atom stereocenters. The van der Waals surface area contributed by atoms with Crippen LogP contribution < -0.4 is 5.32 Å². The van der Waals surface area contributed by atoms with Crippen molar-refractivity contribution < 1.29 is 13.9 Å². The first-order chi connectivity index (χ1) is 13.7. The number of methoxy groups -OCH3 is 1. The van der Waals surface area contributed by atoms with E-state index >= 15 is 0 Å². The van der Waals surface area contributed by atoms with Crippen LogP contribution in [-0.2, 0) is 11.3 Å². The molecule has 4 rings (SSSR count). The summed E-state index contributed by atoms with van der Waals surface area (Å²) in [6.07, 6.45) is 1.52. The molecular weight excluding hydrogens is 374 g/mol. The molecule has 4 aromatic rings. The third-order valence-electron chi connectivity index (χ3n) is 3.98. The Hall–Kier alpha value is -3.29. The van der Waals surface area contributed by atoms with Gasteiger partial charge in [0.05, 0.1) is 12.8 Å². The van der Waals surface area contributed by atoms with Gasteiger partial charge in [0.15, 0.2) is 5.76 Å². The highest BCUT2D eigenvalue weighted by atomic mass is 32.1. The lowest BCUT2D eigenvalue weighted by molar-refractivity contribution is 0.102. The molecule has 6 nitrogen and oxygen atoms in total. The summed E-state index contributed by atoms with van der Waals surface area (Å²) in [6, 6.07) is 19.5. The van der Waals surface area contributed by atoms with Gasteiger partial charge in [0.25, 0.3) is 5.91 Å². The van der Waals surface area contributed by atoms with Gasteiger partial charge in [0, 0.05) is 18.2 Å². The Morgan fingerprint density at radius 2 is 1.75 bits per heavy atom. The molecule has 2 aromatic carbocycles. The minimum absolute atomic E-state index is 0.143. The summed E-state index contributed by atoms with van der Waals surface area (Å²) in [5.74, 6) is 0.284. The zero-order chi connectivity index (χ0) is 19.3. The van der Waals surface area contributed by atoms with Crippen LogP contribution in [0.1, 0.15) is 14.7 Å². The summed E-state index contributed by atoms with van der Waals surface area (Å²) >= 11 is 1.27. The number of amides is 1. The van der Waals surface area contributed by atoms with Crippen LogP contribution in [0.4, 0.5) is 6.01 Å². The van der Waals surface area contributed by atoms with Gasteiger partial charge in [0.1, 0.15) is 15.6 Å². The molecule has 1 amide bonds. The van der Waals surface area contributed by atoms with E-state index in [1.54, 1.807) is 7.11 Å². The summed E-state index contributed by atoms with van der Waals surface area (Å²) < 4.78 is 11.0. The van der Waals surface area contributed by atoms with Crippen LogP contribution in [0.25, 0.3) is 22.6 Å². The Kier molecular flexibility index (Phi) is 5.27. The third kappa shape index (κ3) is 3.85. The van der Waals surface area contributed by atoms with Crippen molar-refractivity contribution in [2.45, 2.75) is 6.61 Å². The van der Waals surface area contributed by atoms with Crippen molar-refractivity contribution in [1.82, 2.24) is 9.97 Å². The molecule has 28 heavy (non-hydrogen) atoms. The average Bonchev–Trinajstić information content (AvgIpc) is 3.37. The van der Waals surface area contributed by atoms with Crippen molar-refractivity contribution in [1.29, 1.82) is 0 Å². The van der Waals surface area contributed by atoms with Gasteiger partial charge < -0.3 is 9.15 Å². The molecule has 0 aliphatic rings. The van der Waals surface area contributed by atoms with Gasteiger partial charge in [-0.1, -0.05) is 60.7 Å². The molecule has 0 bridgehead atoms.